The summed E-state index contributed by atoms with van der Waals surface area (Å²) in [4.78, 5) is 6.33. The maximum absolute atomic E-state index is 4.84. The Morgan fingerprint density at radius 3 is 2.48 bits per heavy atom. The first-order chi connectivity index (χ1) is 14.4. The predicted molar refractivity (Wildman–Crippen MR) is 122 cm³/mol. The van der Waals surface area contributed by atoms with Gasteiger partial charge in [0.05, 0.1) is 10.9 Å². The van der Waals surface area contributed by atoms with Crippen LogP contribution in [-0.4, -0.2) is 14.1 Å². The Balaban J connectivity index is 1.76. The van der Waals surface area contributed by atoms with Gasteiger partial charge in [0, 0.05) is 20.7 Å². The van der Waals surface area contributed by atoms with Crippen LogP contribution < -0.4 is 5.22 Å². The first-order valence-electron chi connectivity index (χ1n) is 9.98. The summed E-state index contributed by atoms with van der Waals surface area (Å²) < 4.78 is 0. The van der Waals surface area contributed by atoms with Gasteiger partial charge in [0.2, 0.25) is 0 Å². The third-order valence-electron chi connectivity index (χ3n) is 6.12. The number of aromatic nitrogens is 1. The van der Waals surface area contributed by atoms with Gasteiger partial charge in [0.15, 0.2) is 0 Å². The predicted octanol–water partition coefficient (Wildman–Crippen LogP) is 4.53. The van der Waals surface area contributed by atoms with E-state index in [0.717, 1.165) is 5.52 Å². The molecule has 0 fully saturated rings. The van der Waals surface area contributed by atoms with E-state index in [-0.39, 0.29) is 14.5 Å². The Bertz CT molecular complexity index is 1450. The lowest BCUT2D eigenvalue weighted by molar-refractivity contribution is 0.827. The quantitative estimate of drug-likeness (QED) is 0.462. The van der Waals surface area contributed by atoms with Crippen molar-refractivity contribution in [1.29, 1.82) is 0 Å². The molecule has 3 aromatic carbocycles. The molecular weight excluding hydrogens is 366 g/mol. The van der Waals surface area contributed by atoms with Crippen LogP contribution in [0, 0.1) is 4.81 Å². The highest BCUT2D eigenvalue weighted by Gasteiger charge is 2.40. The molecule has 2 heterocycles. The molecule has 136 valence electrons. The number of nitrogens with zero attached hydrogens (tertiary/aromatic N) is 1. The maximum Gasteiger partial charge on any atom is 0.0702 e. The van der Waals surface area contributed by atoms with Crippen molar-refractivity contribution in [2.24, 2.45) is 0 Å². The van der Waals surface area contributed by atoms with Crippen molar-refractivity contribution in [1.82, 2.24) is 4.98 Å². The molecule has 1 unspecified atom stereocenters. The van der Waals surface area contributed by atoms with Crippen molar-refractivity contribution in [2.75, 3.05) is 0 Å². The summed E-state index contributed by atoms with van der Waals surface area (Å²) in [6.07, 6.45) is 9.01. The first kappa shape index (κ1) is 16.6. The van der Waals surface area contributed by atoms with Crippen molar-refractivity contribution in [3.05, 3.63) is 136 Å². The van der Waals surface area contributed by atoms with Gasteiger partial charge in [-0.05, 0) is 44.1 Å². The lowest BCUT2D eigenvalue weighted by Gasteiger charge is -2.36. The third-order valence-corrected chi connectivity index (χ3v) is 7.73. The monoisotopic (exact) mass is 385 g/mol. The number of rotatable bonds is 2. The van der Waals surface area contributed by atoms with Gasteiger partial charge in [-0.3, -0.25) is 4.98 Å². The van der Waals surface area contributed by atoms with E-state index in [9.17, 15) is 0 Å². The Hall–Kier alpha value is -3.36. The summed E-state index contributed by atoms with van der Waals surface area (Å²) in [6, 6.07) is 30.5. The van der Waals surface area contributed by atoms with Crippen molar-refractivity contribution < 1.29 is 0 Å². The second-order valence-corrected chi connectivity index (χ2v) is 9.21. The molecule has 0 amide bonds. The Labute approximate surface area is 171 Å². The molecule has 2 aliphatic rings. The summed E-state index contributed by atoms with van der Waals surface area (Å²) in [7, 11) is 0.115. The molecule has 0 spiro atoms. The zero-order valence-corrected chi connectivity index (χ0v) is 17.1. The SMILES string of the molecule is C1=CC(c2ccccc2)(c2cnc3ccccc3c2)C2=c3ccccc3=[SiH]C2=C1. The van der Waals surface area contributed by atoms with Gasteiger partial charge in [0.1, 0.15) is 0 Å². The van der Waals surface area contributed by atoms with Crippen LogP contribution >= 0.6 is 0 Å². The molecule has 1 atom stereocenters. The van der Waals surface area contributed by atoms with Crippen molar-refractivity contribution in [3.63, 3.8) is 0 Å². The van der Waals surface area contributed by atoms with E-state index in [2.05, 4.69) is 109 Å². The molecule has 1 aliphatic heterocycles. The Kier molecular flexibility index (Phi) is 3.62. The molecular formula is C27H19NSi. The van der Waals surface area contributed by atoms with E-state index in [4.69, 9.17) is 4.98 Å². The molecule has 0 N–H and O–H groups in total. The van der Waals surface area contributed by atoms with Gasteiger partial charge in [-0.2, -0.15) is 0 Å². The molecule has 0 saturated heterocycles. The highest BCUT2D eigenvalue weighted by Crippen LogP contribution is 2.46. The van der Waals surface area contributed by atoms with E-state index < -0.39 is 0 Å². The topological polar surface area (TPSA) is 12.9 Å². The average Bonchev–Trinajstić information content (AvgIpc) is 3.18. The fourth-order valence-electron chi connectivity index (χ4n) is 4.83. The molecule has 2 heteroatoms. The molecule has 0 bridgehead atoms. The molecule has 0 radical (unpaired) electrons. The van der Waals surface area contributed by atoms with Crippen LogP contribution in [0.15, 0.2) is 115 Å². The molecule has 6 rings (SSSR count). The lowest BCUT2D eigenvalue weighted by Crippen LogP contribution is -2.32. The van der Waals surface area contributed by atoms with Crippen LogP contribution in [0.3, 0.4) is 0 Å². The Morgan fingerprint density at radius 2 is 1.55 bits per heavy atom. The summed E-state index contributed by atoms with van der Waals surface area (Å²) in [5.41, 5.74) is 4.69. The molecule has 1 aliphatic carbocycles. The number of hydrogen-bond donors (Lipinski definition) is 0. The zero-order valence-electron chi connectivity index (χ0n) is 15.9. The number of fused-ring (bicyclic) bond motifs is 3. The summed E-state index contributed by atoms with van der Waals surface area (Å²) in [5.74, 6) is 0. The van der Waals surface area contributed by atoms with E-state index in [0.29, 0.717) is 0 Å². The zero-order chi connectivity index (χ0) is 19.3. The van der Waals surface area contributed by atoms with Gasteiger partial charge < -0.3 is 0 Å². The van der Waals surface area contributed by atoms with Gasteiger partial charge in [-0.25, -0.2) is 0 Å². The molecule has 4 aromatic rings. The van der Waals surface area contributed by atoms with Crippen LogP contribution in [0.2, 0.25) is 0 Å². The Morgan fingerprint density at radius 1 is 0.759 bits per heavy atom. The number of pyridine rings is 1. The van der Waals surface area contributed by atoms with Gasteiger partial charge in [-0.15, -0.1) is 0 Å². The van der Waals surface area contributed by atoms with Crippen LogP contribution in [-0.2, 0) is 5.41 Å². The first-order valence-corrected chi connectivity index (χ1v) is 11.1. The minimum Gasteiger partial charge on any atom is -0.256 e. The molecule has 1 aromatic heterocycles. The second kappa shape index (κ2) is 6.33. The van der Waals surface area contributed by atoms with Crippen molar-refractivity contribution in [2.45, 2.75) is 5.41 Å². The summed E-state index contributed by atoms with van der Waals surface area (Å²) in [6.45, 7) is 0. The fourth-order valence-corrected chi connectivity index (χ4v) is 6.51. The smallest absolute Gasteiger partial charge is 0.0702 e. The maximum atomic E-state index is 4.84. The molecule has 0 saturated carbocycles. The number of hydrogen-bond acceptors (Lipinski definition) is 1. The number of allylic oxidation sites excluding steroid dienone is 4. The lowest BCUT2D eigenvalue weighted by atomic mass is 9.67. The normalized spacial score (nSPS) is 19.4. The van der Waals surface area contributed by atoms with E-state index >= 15 is 0 Å². The summed E-state index contributed by atoms with van der Waals surface area (Å²) in [5, 5.41) is 4.07. The molecule has 1 nitrogen and oxygen atoms in total. The van der Waals surface area contributed by atoms with Crippen LogP contribution in [0.25, 0.3) is 16.5 Å². The fraction of sp³-hybridized carbons (Fsp3) is 0.0370. The van der Waals surface area contributed by atoms with Crippen LogP contribution in [0.4, 0.5) is 0 Å². The van der Waals surface area contributed by atoms with Crippen LogP contribution in [0.5, 0.6) is 0 Å². The highest BCUT2D eigenvalue weighted by molar-refractivity contribution is 6.45. The summed E-state index contributed by atoms with van der Waals surface area (Å²) >= 11 is 0. The van der Waals surface area contributed by atoms with Crippen molar-refractivity contribution in [3.8, 4) is 0 Å². The third kappa shape index (κ3) is 2.39. The second-order valence-electron chi connectivity index (χ2n) is 7.68. The molecule has 29 heavy (non-hydrogen) atoms. The average molecular weight is 386 g/mol. The van der Waals surface area contributed by atoms with Gasteiger partial charge in [-0.1, -0.05) is 91.0 Å². The minimum atomic E-state index is -0.317. The highest BCUT2D eigenvalue weighted by atomic mass is 28.2. The van der Waals surface area contributed by atoms with Crippen molar-refractivity contribution >= 4 is 25.6 Å². The number of para-hydroxylation sites is 1. The van der Waals surface area contributed by atoms with Crippen LogP contribution in [0.1, 0.15) is 11.1 Å². The van der Waals surface area contributed by atoms with Gasteiger partial charge in [0.25, 0.3) is 0 Å². The number of benzene rings is 3. The largest absolute Gasteiger partial charge is 0.256 e. The minimum absolute atomic E-state index is 0.115. The standard InChI is InChI=1S/C27H19NSi/c1-2-10-20(11-3-1)27(21-17-19-9-4-6-13-23(19)28-18-21)16-8-15-25-26(27)22-12-5-7-14-24(22)29-25/h1-18,29H. The van der Waals surface area contributed by atoms with Gasteiger partial charge >= 0.3 is 0 Å². The van der Waals surface area contributed by atoms with E-state index in [1.165, 1.54) is 37.3 Å². The van der Waals surface area contributed by atoms with E-state index in [1.807, 2.05) is 0 Å². The van der Waals surface area contributed by atoms with E-state index in [1.54, 1.807) is 0 Å².